The Balaban J connectivity index is 0.00000432. The summed E-state index contributed by atoms with van der Waals surface area (Å²) in [6, 6.07) is 33.5. The highest BCUT2D eigenvalue weighted by Crippen LogP contribution is 2.55. The molecule has 0 unspecified atom stereocenters. The molecule has 0 aromatic heterocycles. The van der Waals surface area contributed by atoms with Crippen LogP contribution in [-0.4, -0.2) is 12.0 Å². The van der Waals surface area contributed by atoms with E-state index >= 15 is 0 Å². The lowest BCUT2D eigenvalue weighted by Crippen LogP contribution is -3.00. The van der Waals surface area contributed by atoms with Crippen molar-refractivity contribution in [2.45, 2.75) is 64.2 Å². The first-order valence-electron chi connectivity index (χ1n) is 13.1. The van der Waals surface area contributed by atoms with Crippen LogP contribution < -0.4 is 32.9 Å². The largest absolute Gasteiger partial charge is 1.00 e. The molecule has 0 aliphatic carbocycles. The molecule has 0 radical (unpaired) electrons. The van der Waals surface area contributed by atoms with Crippen molar-refractivity contribution in [3.63, 3.8) is 0 Å². The van der Waals surface area contributed by atoms with E-state index in [1.807, 2.05) is 0 Å². The summed E-state index contributed by atoms with van der Waals surface area (Å²) in [7, 11) is -1.73. The fourth-order valence-corrected chi connectivity index (χ4v) is 8.98. The van der Waals surface area contributed by atoms with Gasteiger partial charge >= 0.3 is 0 Å². The normalized spacial score (nSPS) is 11.5. The molecule has 0 nitrogen and oxygen atoms in total. The molecule has 0 aliphatic heterocycles. The lowest BCUT2D eigenvalue weighted by molar-refractivity contribution is -0.00000676. The maximum atomic E-state index is 5.75. The van der Waals surface area contributed by atoms with Crippen LogP contribution in [0.3, 0.4) is 0 Å². The number of allylic oxidation sites excluding steroid dienone is 2. The number of unbranched alkanes of at least 4 members (excludes halogenated alkanes) is 9. The minimum atomic E-state index is -1.73. The van der Waals surface area contributed by atoms with Crippen molar-refractivity contribution < 1.29 is 17.0 Å². The Labute approximate surface area is 230 Å². The Morgan fingerprint density at radius 2 is 0.857 bits per heavy atom. The third-order valence-corrected chi connectivity index (χ3v) is 11.2. The number of hydrogen-bond acceptors (Lipinski definition) is 0. The highest BCUT2D eigenvalue weighted by molar-refractivity contribution is 7.95. The van der Waals surface area contributed by atoms with Gasteiger partial charge in [0.05, 0.1) is 6.16 Å². The number of rotatable bonds is 16. The van der Waals surface area contributed by atoms with Crippen LogP contribution in [0.4, 0.5) is 0 Å². The fraction of sp³-hybridized carbons (Fsp3) is 0.375. The predicted molar refractivity (Wildman–Crippen MR) is 156 cm³/mol. The van der Waals surface area contributed by atoms with Crippen molar-refractivity contribution in [1.29, 1.82) is 0 Å². The quantitative estimate of drug-likeness (QED) is 0.0898. The van der Waals surface area contributed by atoms with E-state index < -0.39 is 7.26 Å². The van der Waals surface area contributed by atoms with Crippen molar-refractivity contribution in [2.24, 2.45) is 0 Å². The van der Waals surface area contributed by atoms with Gasteiger partial charge in [0.2, 0.25) is 0 Å². The van der Waals surface area contributed by atoms with Gasteiger partial charge in [-0.1, -0.05) is 112 Å². The first-order valence-corrected chi connectivity index (χ1v) is 15.6. The molecule has 3 aromatic rings. The molecule has 188 valence electrons. The first-order chi connectivity index (χ1) is 16.9. The van der Waals surface area contributed by atoms with Crippen LogP contribution in [0.2, 0.25) is 0 Å². The Morgan fingerprint density at radius 3 is 1.26 bits per heavy atom. The van der Waals surface area contributed by atoms with Gasteiger partial charge in [0.25, 0.3) is 0 Å². The Bertz CT molecular complexity index is 831. The van der Waals surface area contributed by atoms with E-state index in [2.05, 4.69) is 103 Å². The van der Waals surface area contributed by atoms with E-state index in [0.29, 0.717) is 0 Å². The first kappa shape index (κ1) is 29.8. The molecule has 3 rings (SSSR count). The average molecular weight is 572 g/mol. The van der Waals surface area contributed by atoms with Crippen molar-refractivity contribution in [1.82, 2.24) is 0 Å². The van der Waals surface area contributed by atoms with Crippen LogP contribution in [-0.2, 0) is 0 Å². The smallest absolute Gasteiger partial charge is 0.115 e. The molecule has 0 fully saturated rings. The molecule has 0 aliphatic rings. The molecule has 0 N–H and O–H groups in total. The molecule has 3 heteroatoms. The number of hydrogen-bond donors (Lipinski definition) is 0. The van der Waals surface area contributed by atoms with Crippen molar-refractivity contribution in [3.05, 3.63) is 103 Å². The minimum absolute atomic E-state index is 0. The molecular weight excluding hydrogens is 531 g/mol. The van der Waals surface area contributed by atoms with Crippen LogP contribution in [0.5, 0.6) is 0 Å². The second kappa shape index (κ2) is 17.9. The summed E-state index contributed by atoms with van der Waals surface area (Å²) in [6.07, 6.45) is 19.2. The van der Waals surface area contributed by atoms with E-state index in [9.17, 15) is 0 Å². The van der Waals surface area contributed by atoms with Crippen LogP contribution in [0.1, 0.15) is 64.2 Å². The maximum Gasteiger partial charge on any atom is 0.115 e. The summed E-state index contributed by atoms with van der Waals surface area (Å²) in [6.45, 7) is 0. The van der Waals surface area contributed by atoms with Gasteiger partial charge in [-0.25, -0.2) is 0 Å². The van der Waals surface area contributed by atoms with E-state index in [1.54, 1.807) is 0 Å². The van der Waals surface area contributed by atoms with Crippen LogP contribution in [0, 0.1) is 0 Å². The molecule has 3 aromatic carbocycles. The summed E-state index contributed by atoms with van der Waals surface area (Å²) in [5.74, 6) is 0.818. The molecule has 35 heavy (non-hydrogen) atoms. The number of alkyl halides is 1. The third-order valence-electron chi connectivity index (χ3n) is 6.64. The molecule has 0 atom stereocenters. The second-order valence-corrected chi connectivity index (χ2v) is 13.0. The summed E-state index contributed by atoms with van der Waals surface area (Å²) in [4.78, 5) is 0. The Hall–Kier alpha value is -1.40. The van der Waals surface area contributed by atoms with Gasteiger partial charge in [-0.15, -0.1) is 11.6 Å². The predicted octanol–water partition coefficient (Wildman–Crippen LogP) is 5.68. The van der Waals surface area contributed by atoms with Gasteiger partial charge in [-0.3, -0.25) is 0 Å². The average Bonchev–Trinajstić information content (AvgIpc) is 2.91. The van der Waals surface area contributed by atoms with Gasteiger partial charge in [0.15, 0.2) is 0 Å². The third kappa shape index (κ3) is 9.53. The van der Waals surface area contributed by atoms with Crippen molar-refractivity contribution >= 4 is 34.8 Å². The van der Waals surface area contributed by atoms with Gasteiger partial charge < -0.3 is 17.0 Å². The van der Waals surface area contributed by atoms with Crippen LogP contribution in [0.25, 0.3) is 0 Å². The molecule has 0 spiro atoms. The molecule has 0 bridgehead atoms. The van der Waals surface area contributed by atoms with Gasteiger partial charge in [-0.2, -0.15) is 0 Å². The monoisotopic (exact) mass is 570 g/mol. The number of benzene rings is 3. The highest BCUT2D eigenvalue weighted by Gasteiger charge is 2.43. The lowest BCUT2D eigenvalue weighted by atomic mass is 10.1. The Morgan fingerprint density at radius 1 is 0.486 bits per heavy atom. The lowest BCUT2D eigenvalue weighted by Gasteiger charge is -2.26. The molecule has 0 saturated carbocycles. The fourth-order valence-electron chi connectivity index (χ4n) is 4.76. The van der Waals surface area contributed by atoms with Gasteiger partial charge in [0, 0.05) is 5.88 Å². The second-order valence-electron chi connectivity index (χ2n) is 9.13. The zero-order valence-electron chi connectivity index (χ0n) is 21.0. The SMILES string of the molecule is ClCCCCCCCCCCCC=CC[P+](c1ccccc1)(c1ccccc1)c1ccccc1.[Br-]. The molecular formula is C32H41BrClP. The minimum Gasteiger partial charge on any atom is -1.00 e. The van der Waals surface area contributed by atoms with E-state index in [1.165, 1.54) is 80.1 Å². The highest BCUT2D eigenvalue weighted by atomic mass is 79.9. The van der Waals surface area contributed by atoms with Crippen molar-refractivity contribution in [2.75, 3.05) is 12.0 Å². The van der Waals surface area contributed by atoms with E-state index in [-0.39, 0.29) is 17.0 Å². The van der Waals surface area contributed by atoms with Crippen LogP contribution >= 0.6 is 18.9 Å². The number of halogens is 2. The zero-order valence-corrected chi connectivity index (χ0v) is 24.2. The maximum absolute atomic E-state index is 5.75. The van der Waals surface area contributed by atoms with E-state index in [0.717, 1.165) is 12.0 Å². The topological polar surface area (TPSA) is 0 Å². The summed E-state index contributed by atoms with van der Waals surface area (Å²) >= 11 is 5.75. The van der Waals surface area contributed by atoms with Gasteiger partial charge in [0.1, 0.15) is 23.2 Å². The van der Waals surface area contributed by atoms with E-state index in [4.69, 9.17) is 11.6 Å². The molecule has 0 heterocycles. The summed E-state index contributed by atoms with van der Waals surface area (Å²) < 4.78 is 0. The van der Waals surface area contributed by atoms with Gasteiger partial charge in [-0.05, 0) is 55.7 Å². The molecule has 0 amide bonds. The van der Waals surface area contributed by atoms with Crippen LogP contribution in [0.15, 0.2) is 103 Å². The van der Waals surface area contributed by atoms with Crippen molar-refractivity contribution in [3.8, 4) is 0 Å². The molecule has 0 saturated heterocycles. The Kier molecular flexibility index (Phi) is 15.3. The summed E-state index contributed by atoms with van der Waals surface area (Å²) in [5, 5.41) is 4.38. The standard InChI is InChI=1S/C32H41ClP.BrH/c33-28-20-9-7-5-3-1-2-4-6-8-10-21-29-34(30-22-14-11-15-23-30,31-24-16-12-17-25-31)32-26-18-13-19-27-32;/h10-19,21-27H,1-9,20,28-29H2;1H/q+1;/p-1. The zero-order chi connectivity index (χ0) is 23.7. The summed E-state index contributed by atoms with van der Waals surface area (Å²) in [5.41, 5.74) is 0.